The van der Waals surface area contributed by atoms with E-state index in [-0.39, 0.29) is 15.3 Å². The van der Waals surface area contributed by atoms with Crippen LogP contribution in [-0.4, -0.2) is 9.76 Å². The van der Waals surface area contributed by atoms with Crippen LogP contribution in [-0.2, 0) is 0 Å². The molecule has 0 heterocycles. The number of rotatable bonds is 5. The summed E-state index contributed by atoms with van der Waals surface area (Å²) in [5.74, 6) is 0.791. The fourth-order valence-corrected chi connectivity index (χ4v) is 3.39. The Morgan fingerprint density at radius 3 is 1.74 bits per heavy atom. The topological polar surface area (TPSA) is 33.0 Å². The molecule has 3 rings (SSSR count). The third-order valence-electron chi connectivity index (χ3n) is 3.54. The van der Waals surface area contributed by atoms with Gasteiger partial charge in [0.05, 0.1) is 11.6 Å². The summed E-state index contributed by atoms with van der Waals surface area (Å²) in [6, 6.07) is 30.2. The maximum absolute atomic E-state index is 8.85. The van der Waals surface area contributed by atoms with E-state index >= 15 is 0 Å². The highest BCUT2D eigenvalue weighted by Crippen LogP contribution is 2.24. The van der Waals surface area contributed by atoms with Crippen LogP contribution in [0.2, 0.25) is 0 Å². The molecule has 3 aromatic carbocycles. The van der Waals surface area contributed by atoms with Gasteiger partial charge in [0.25, 0.3) is 0 Å². The zero-order valence-electron chi connectivity index (χ0n) is 12.5. The number of benzene rings is 3. The Bertz CT molecular complexity index is 740. The first-order valence-corrected chi connectivity index (χ1v) is 8.38. The van der Waals surface area contributed by atoms with Crippen LogP contribution in [0.5, 0.6) is 5.75 Å². The average Bonchev–Trinajstić information content (AvgIpc) is 2.64. The molecule has 110 valence electrons. The molecule has 0 amide bonds. The van der Waals surface area contributed by atoms with Gasteiger partial charge in [-0.15, -0.1) is 0 Å². The summed E-state index contributed by atoms with van der Waals surface area (Å²) < 4.78 is 5.99. The van der Waals surface area contributed by atoms with Crippen molar-refractivity contribution >= 4 is 9.76 Å². The van der Waals surface area contributed by atoms with Gasteiger partial charge in [-0.1, -0.05) is 60.7 Å². The molecule has 0 saturated heterocycles. The van der Waals surface area contributed by atoms with Crippen molar-refractivity contribution in [1.82, 2.24) is 0 Å². The normalized spacial score (nSPS) is 10.3. The van der Waals surface area contributed by atoms with E-state index in [9.17, 15) is 0 Å². The molecule has 0 aliphatic rings. The largest absolute Gasteiger partial charge is 0.540 e. The van der Waals surface area contributed by atoms with Crippen molar-refractivity contribution in [3.8, 4) is 11.8 Å². The number of nitriles is 1. The molecule has 23 heavy (non-hydrogen) atoms. The lowest BCUT2D eigenvalue weighted by molar-refractivity contribution is 0.584. The fraction of sp³-hybridized carbons (Fsp3) is 0.0500. The lowest BCUT2D eigenvalue weighted by Gasteiger charge is -2.17. The average molecular weight is 313 g/mol. The van der Waals surface area contributed by atoms with Crippen molar-refractivity contribution in [1.29, 1.82) is 5.26 Å². The van der Waals surface area contributed by atoms with Crippen LogP contribution < -0.4 is 4.43 Å². The Hall–Kier alpha value is -2.83. The molecule has 2 radical (unpaired) electrons. The Morgan fingerprint density at radius 1 is 0.739 bits per heavy atom. The summed E-state index contributed by atoms with van der Waals surface area (Å²) in [6.07, 6.45) is 0. The maximum atomic E-state index is 8.85. The first kappa shape index (κ1) is 15.1. The van der Waals surface area contributed by atoms with Crippen LogP contribution in [0.15, 0.2) is 84.9 Å². The van der Waals surface area contributed by atoms with Gasteiger partial charge in [-0.2, -0.15) is 5.26 Å². The Kier molecular flexibility index (Phi) is 4.87. The van der Waals surface area contributed by atoms with Gasteiger partial charge >= 0.3 is 9.76 Å². The third kappa shape index (κ3) is 3.88. The monoisotopic (exact) mass is 313 g/mol. The van der Waals surface area contributed by atoms with E-state index in [1.807, 2.05) is 24.3 Å². The van der Waals surface area contributed by atoms with Crippen LogP contribution >= 0.6 is 0 Å². The minimum absolute atomic E-state index is 0.202. The van der Waals surface area contributed by atoms with Crippen molar-refractivity contribution in [3.05, 3.63) is 102 Å². The highest BCUT2D eigenvalue weighted by Gasteiger charge is 2.17. The van der Waals surface area contributed by atoms with E-state index in [1.54, 1.807) is 12.1 Å². The number of hydrogen-bond acceptors (Lipinski definition) is 2. The van der Waals surface area contributed by atoms with Gasteiger partial charge < -0.3 is 4.43 Å². The standard InChI is InChI=1S/C20H15NOSi/c21-15-16-11-13-19(14-12-16)22-23-20(17-7-3-1-4-8-17)18-9-5-2-6-10-18/h1-14,20H. The van der Waals surface area contributed by atoms with E-state index in [1.165, 1.54) is 11.1 Å². The molecular weight excluding hydrogens is 298 g/mol. The zero-order chi connectivity index (χ0) is 15.9. The van der Waals surface area contributed by atoms with E-state index in [4.69, 9.17) is 9.69 Å². The quantitative estimate of drug-likeness (QED) is 0.656. The maximum Gasteiger partial charge on any atom is 0.323 e. The smallest absolute Gasteiger partial charge is 0.323 e. The predicted molar refractivity (Wildman–Crippen MR) is 92.3 cm³/mol. The van der Waals surface area contributed by atoms with Crippen LogP contribution in [0, 0.1) is 11.3 Å². The first-order chi connectivity index (χ1) is 11.4. The van der Waals surface area contributed by atoms with Crippen LogP contribution in [0.25, 0.3) is 0 Å². The minimum atomic E-state index is 0.202. The van der Waals surface area contributed by atoms with Crippen molar-refractivity contribution in [2.45, 2.75) is 5.54 Å². The molecule has 0 atom stereocenters. The van der Waals surface area contributed by atoms with Gasteiger partial charge in [-0.05, 0) is 35.4 Å². The number of nitrogens with zero attached hydrogens (tertiary/aromatic N) is 1. The summed E-state index contributed by atoms with van der Waals surface area (Å²) in [6.45, 7) is 0. The van der Waals surface area contributed by atoms with E-state index < -0.39 is 0 Å². The van der Waals surface area contributed by atoms with Gasteiger partial charge in [0.1, 0.15) is 5.75 Å². The summed E-state index contributed by atoms with van der Waals surface area (Å²) in [7, 11) is 0.270. The molecule has 0 aliphatic carbocycles. The molecule has 0 N–H and O–H groups in total. The molecule has 0 unspecified atom stereocenters. The molecule has 0 aliphatic heterocycles. The van der Waals surface area contributed by atoms with Crippen molar-refractivity contribution in [3.63, 3.8) is 0 Å². The van der Waals surface area contributed by atoms with Crippen molar-refractivity contribution in [2.24, 2.45) is 0 Å². The second-order valence-corrected chi connectivity index (χ2v) is 6.13. The van der Waals surface area contributed by atoms with Crippen LogP contribution in [0.1, 0.15) is 22.2 Å². The molecule has 0 fully saturated rings. The lowest BCUT2D eigenvalue weighted by atomic mass is 10.0. The van der Waals surface area contributed by atoms with Crippen molar-refractivity contribution in [2.75, 3.05) is 0 Å². The van der Waals surface area contributed by atoms with Gasteiger partial charge in [0.15, 0.2) is 0 Å². The van der Waals surface area contributed by atoms with E-state index in [2.05, 4.69) is 54.6 Å². The summed E-state index contributed by atoms with van der Waals surface area (Å²) >= 11 is 0. The van der Waals surface area contributed by atoms with E-state index in [0.717, 1.165) is 5.75 Å². The van der Waals surface area contributed by atoms with E-state index in [0.29, 0.717) is 5.56 Å². The van der Waals surface area contributed by atoms with Crippen molar-refractivity contribution < 1.29 is 4.43 Å². The highest BCUT2D eigenvalue weighted by molar-refractivity contribution is 6.32. The summed E-state index contributed by atoms with van der Waals surface area (Å²) in [5.41, 5.74) is 3.33. The second-order valence-electron chi connectivity index (χ2n) is 5.11. The van der Waals surface area contributed by atoms with Gasteiger partial charge in [-0.25, -0.2) is 0 Å². The third-order valence-corrected chi connectivity index (χ3v) is 4.80. The van der Waals surface area contributed by atoms with Gasteiger partial charge in [0.2, 0.25) is 0 Å². The SMILES string of the molecule is N#Cc1ccc(O[Si]C(c2ccccc2)c2ccccc2)cc1. The second kappa shape index (κ2) is 7.44. The van der Waals surface area contributed by atoms with Gasteiger partial charge in [-0.3, -0.25) is 0 Å². The molecular formula is C20H15NOSi. The van der Waals surface area contributed by atoms with Gasteiger partial charge in [0, 0.05) is 5.54 Å². The molecule has 0 aromatic heterocycles. The Balaban J connectivity index is 1.80. The Labute approximate surface area is 138 Å². The molecule has 0 bridgehead atoms. The van der Waals surface area contributed by atoms with Crippen LogP contribution in [0.3, 0.4) is 0 Å². The molecule has 3 heteroatoms. The lowest BCUT2D eigenvalue weighted by Crippen LogP contribution is -2.16. The predicted octanol–water partition coefficient (Wildman–Crippen LogP) is 4.35. The fourth-order valence-electron chi connectivity index (χ4n) is 2.34. The molecule has 2 nitrogen and oxygen atoms in total. The first-order valence-electron chi connectivity index (χ1n) is 7.39. The van der Waals surface area contributed by atoms with Crippen LogP contribution in [0.4, 0.5) is 0 Å². The number of hydrogen-bond donors (Lipinski definition) is 0. The highest BCUT2D eigenvalue weighted by atomic mass is 28.2. The molecule has 3 aromatic rings. The summed E-state index contributed by atoms with van der Waals surface area (Å²) in [4.78, 5) is 0. The summed E-state index contributed by atoms with van der Waals surface area (Å²) in [5, 5.41) is 8.85. The zero-order valence-corrected chi connectivity index (χ0v) is 13.5. The molecule has 0 spiro atoms. The molecule has 0 saturated carbocycles. The minimum Gasteiger partial charge on any atom is -0.540 e. The Morgan fingerprint density at radius 2 is 1.26 bits per heavy atom.